The molecule has 92 valence electrons. The molecule has 0 atom stereocenters. The molecule has 0 rings (SSSR count). The third-order valence-corrected chi connectivity index (χ3v) is 1.80. The van der Waals surface area contributed by atoms with E-state index in [4.69, 9.17) is 10.5 Å². The van der Waals surface area contributed by atoms with Crippen molar-refractivity contribution >= 4 is 18.3 Å². The summed E-state index contributed by atoms with van der Waals surface area (Å²) in [5.74, 6) is 0.0288. The van der Waals surface area contributed by atoms with Gasteiger partial charge in [-0.15, -0.1) is 12.4 Å². The van der Waals surface area contributed by atoms with E-state index < -0.39 is 0 Å². The fourth-order valence-electron chi connectivity index (χ4n) is 0.970. The molecule has 0 aliphatic heterocycles. The average Bonchev–Trinajstić information content (AvgIpc) is 2.17. The molecular formula is C10H23ClN2O2. The van der Waals surface area contributed by atoms with Crippen molar-refractivity contribution in [3.63, 3.8) is 0 Å². The minimum Gasteiger partial charge on any atom is -0.381 e. The maximum atomic E-state index is 10.9. The Kier molecular flexibility index (Phi) is 15.6. The van der Waals surface area contributed by atoms with E-state index in [0.29, 0.717) is 19.5 Å². The van der Waals surface area contributed by atoms with Crippen LogP contribution in [0.4, 0.5) is 0 Å². The monoisotopic (exact) mass is 238 g/mol. The molecule has 15 heavy (non-hydrogen) atoms. The number of unbranched alkanes of at least 4 members (excludes halogenated alkanes) is 1. The molecule has 5 heteroatoms. The van der Waals surface area contributed by atoms with Gasteiger partial charge in [-0.05, 0) is 12.8 Å². The van der Waals surface area contributed by atoms with Crippen molar-refractivity contribution in [1.29, 1.82) is 0 Å². The van der Waals surface area contributed by atoms with Crippen LogP contribution < -0.4 is 11.1 Å². The summed E-state index contributed by atoms with van der Waals surface area (Å²) in [6, 6.07) is 0. The summed E-state index contributed by atoms with van der Waals surface area (Å²) in [6.45, 7) is 4.79. The summed E-state index contributed by atoms with van der Waals surface area (Å²) in [4.78, 5) is 10.9. The first-order valence-corrected chi connectivity index (χ1v) is 5.35. The lowest BCUT2D eigenvalue weighted by atomic mass is 10.3. The van der Waals surface area contributed by atoms with Crippen molar-refractivity contribution in [2.24, 2.45) is 5.73 Å². The van der Waals surface area contributed by atoms with Gasteiger partial charge in [0.05, 0.1) is 0 Å². The first-order chi connectivity index (χ1) is 6.81. The molecule has 0 aromatic rings. The lowest BCUT2D eigenvalue weighted by molar-refractivity contribution is -0.120. The number of nitrogens with one attached hydrogen (secondary N) is 1. The highest BCUT2D eigenvalue weighted by molar-refractivity contribution is 5.85. The Balaban J connectivity index is 0. The summed E-state index contributed by atoms with van der Waals surface area (Å²) in [5.41, 5.74) is 5.23. The molecule has 1 amide bonds. The van der Waals surface area contributed by atoms with Crippen LogP contribution in [0, 0.1) is 0 Å². The van der Waals surface area contributed by atoms with Crippen LogP contribution in [0.1, 0.15) is 32.6 Å². The predicted molar refractivity (Wildman–Crippen MR) is 64.3 cm³/mol. The zero-order valence-corrected chi connectivity index (χ0v) is 10.3. The number of amides is 1. The quantitative estimate of drug-likeness (QED) is 0.591. The highest BCUT2D eigenvalue weighted by atomic mass is 35.5. The number of halogens is 1. The molecular weight excluding hydrogens is 216 g/mol. The van der Waals surface area contributed by atoms with Gasteiger partial charge in [0.15, 0.2) is 0 Å². The first kappa shape index (κ1) is 17.1. The third-order valence-electron chi connectivity index (χ3n) is 1.80. The van der Waals surface area contributed by atoms with Crippen molar-refractivity contribution in [3.05, 3.63) is 0 Å². The highest BCUT2D eigenvalue weighted by Crippen LogP contribution is 1.89. The molecule has 0 aromatic heterocycles. The number of hydrogen-bond donors (Lipinski definition) is 2. The van der Waals surface area contributed by atoms with Gasteiger partial charge in [0.1, 0.15) is 0 Å². The summed E-state index contributed by atoms with van der Waals surface area (Å²) >= 11 is 0. The fourth-order valence-corrected chi connectivity index (χ4v) is 0.970. The lowest BCUT2D eigenvalue weighted by Crippen LogP contribution is -2.27. The number of rotatable bonds is 9. The van der Waals surface area contributed by atoms with Crippen LogP contribution in [0.15, 0.2) is 0 Å². The van der Waals surface area contributed by atoms with E-state index in [1.54, 1.807) is 0 Å². The molecule has 4 nitrogen and oxygen atoms in total. The Bertz CT molecular complexity index is 145. The van der Waals surface area contributed by atoms with Crippen molar-refractivity contribution in [1.82, 2.24) is 5.32 Å². The summed E-state index contributed by atoms with van der Waals surface area (Å²) < 4.78 is 5.34. The molecule has 0 spiro atoms. The number of hydrogen-bond acceptors (Lipinski definition) is 3. The van der Waals surface area contributed by atoms with E-state index in [0.717, 1.165) is 32.5 Å². The van der Waals surface area contributed by atoms with E-state index >= 15 is 0 Å². The first-order valence-electron chi connectivity index (χ1n) is 5.35. The van der Waals surface area contributed by atoms with E-state index in [2.05, 4.69) is 12.2 Å². The predicted octanol–water partition coefficient (Wildman–Crippen LogP) is 1.08. The number of carbonyl (C=O) groups excluding carboxylic acids is 1. The number of carbonyl (C=O) groups is 1. The second-order valence-electron chi connectivity index (χ2n) is 3.21. The van der Waals surface area contributed by atoms with Gasteiger partial charge >= 0.3 is 0 Å². The topological polar surface area (TPSA) is 64.3 Å². The SMILES string of the molecule is CCCCOCCCNC(=O)CCN.Cl. The maximum absolute atomic E-state index is 10.9. The molecule has 0 unspecified atom stereocenters. The molecule has 0 saturated carbocycles. The molecule has 0 aliphatic carbocycles. The van der Waals surface area contributed by atoms with Crippen LogP contribution in [-0.4, -0.2) is 32.2 Å². The summed E-state index contributed by atoms with van der Waals surface area (Å²) in [6.07, 6.45) is 3.56. The minimum absolute atomic E-state index is 0. The Hall–Kier alpha value is -0.320. The second kappa shape index (κ2) is 13.7. The van der Waals surface area contributed by atoms with Crippen molar-refractivity contribution in [2.45, 2.75) is 32.6 Å². The fraction of sp³-hybridized carbons (Fsp3) is 0.900. The van der Waals surface area contributed by atoms with Crippen LogP contribution in [0.5, 0.6) is 0 Å². The Morgan fingerprint density at radius 1 is 1.33 bits per heavy atom. The number of ether oxygens (including phenoxy) is 1. The van der Waals surface area contributed by atoms with Gasteiger partial charge in [-0.1, -0.05) is 13.3 Å². The normalized spacial score (nSPS) is 9.47. The maximum Gasteiger partial charge on any atom is 0.221 e. The van der Waals surface area contributed by atoms with Crippen LogP contribution in [-0.2, 0) is 9.53 Å². The van der Waals surface area contributed by atoms with E-state index in [9.17, 15) is 4.79 Å². The molecule has 0 radical (unpaired) electrons. The van der Waals surface area contributed by atoms with Gasteiger partial charge in [-0.2, -0.15) is 0 Å². The zero-order chi connectivity index (χ0) is 10.6. The Labute approximate surface area is 98.3 Å². The highest BCUT2D eigenvalue weighted by Gasteiger charge is 1.97. The smallest absolute Gasteiger partial charge is 0.221 e. The van der Waals surface area contributed by atoms with Gasteiger partial charge in [0, 0.05) is 32.7 Å². The Morgan fingerprint density at radius 2 is 2.00 bits per heavy atom. The molecule has 0 heterocycles. The van der Waals surface area contributed by atoms with Crippen LogP contribution in [0.25, 0.3) is 0 Å². The van der Waals surface area contributed by atoms with E-state index in [1.165, 1.54) is 0 Å². The average molecular weight is 239 g/mol. The van der Waals surface area contributed by atoms with Gasteiger partial charge in [0.25, 0.3) is 0 Å². The van der Waals surface area contributed by atoms with Crippen LogP contribution >= 0.6 is 12.4 Å². The van der Waals surface area contributed by atoms with E-state index in [-0.39, 0.29) is 18.3 Å². The molecule has 0 bridgehead atoms. The summed E-state index contributed by atoms with van der Waals surface area (Å²) in [7, 11) is 0. The van der Waals surface area contributed by atoms with Gasteiger partial charge in [-0.25, -0.2) is 0 Å². The largest absolute Gasteiger partial charge is 0.381 e. The molecule has 0 fully saturated rings. The molecule has 3 N–H and O–H groups in total. The van der Waals surface area contributed by atoms with Gasteiger partial charge in [0.2, 0.25) is 5.91 Å². The van der Waals surface area contributed by atoms with E-state index in [1.807, 2.05) is 0 Å². The summed E-state index contributed by atoms with van der Waals surface area (Å²) in [5, 5.41) is 2.78. The molecule has 0 saturated heterocycles. The lowest BCUT2D eigenvalue weighted by Gasteiger charge is -2.04. The van der Waals surface area contributed by atoms with Gasteiger partial charge < -0.3 is 15.8 Å². The van der Waals surface area contributed by atoms with Crippen molar-refractivity contribution in [3.8, 4) is 0 Å². The van der Waals surface area contributed by atoms with Crippen molar-refractivity contribution < 1.29 is 9.53 Å². The van der Waals surface area contributed by atoms with Crippen molar-refractivity contribution in [2.75, 3.05) is 26.3 Å². The van der Waals surface area contributed by atoms with Gasteiger partial charge in [-0.3, -0.25) is 4.79 Å². The molecule has 0 aromatic carbocycles. The van der Waals surface area contributed by atoms with Crippen LogP contribution in [0.2, 0.25) is 0 Å². The second-order valence-corrected chi connectivity index (χ2v) is 3.21. The Morgan fingerprint density at radius 3 is 2.60 bits per heavy atom. The third kappa shape index (κ3) is 13.7. The zero-order valence-electron chi connectivity index (χ0n) is 9.46. The van der Waals surface area contributed by atoms with Crippen LogP contribution in [0.3, 0.4) is 0 Å². The standard InChI is InChI=1S/C10H22N2O2.ClH/c1-2-3-8-14-9-4-7-12-10(13)5-6-11;/h2-9,11H2,1H3,(H,12,13);1H. The molecule has 0 aliphatic rings. The minimum atomic E-state index is 0. The number of nitrogens with two attached hydrogens (primary N) is 1.